The van der Waals surface area contributed by atoms with Gasteiger partial charge in [0.25, 0.3) is 5.56 Å². The van der Waals surface area contributed by atoms with E-state index in [4.69, 9.17) is 9.47 Å². The lowest BCUT2D eigenvalue weighted by atomic mass is 9.92. The van der Waals surface area contributed by atoms with E-state index in [-0.39, 0.29) is 5.56 Å². The summed E-state index contributed by atoms with van der Waals surface area (Å²) in [6.45, 7) is 8.76. The van der Waals surface area contributed by atoms with Crippen LogP contribution in [0.1, 0.15) is 48.1 Å². The number of methoxy groups -OCH3 is 1. The molecule has 1 aliphatic carbocycles. The Morgan fingerprint density at radius 2 is 1.77 bits per heavy atom. The van der Waals surface area contributed by atoms with Gasteiger partial charge >= 0.3 is 0 Å². The van der Waals surface area contributed by atoms with Crippen molar-refractivity contribution in [2.24, 2.45) is 5.92 Å². The molecule has 166 valence electrons. The number of rotatable bonds is 5. The first-order valence-electron chi connectivity index (χ1n) is 11.8. The summed E-state index contributed by atoms with van der Waals surface area (Å²) in [7, 11) is 1.69. The third-order valence-corrected chi connectivity index (χ3v) is 7.36. The number of pyridine rings is 1. The minimum absolute atomic E-state index is 0.182. The van der Waals surface area contributed by atoms with Crippen molar-refractivity contribution in [2.45, 2.75) is 65.1 Å². The Morgan fingerprint density at radius 1 is 1.06 bits per heavy atom. The van der Waals surface area contributed by atoms with E-state index in [2.05, 4.69) is 29.4 Å². The van der Waals surface area contributed by atoms with Crippen LogP contribution < -0.4 is 10.3 Å². The summed E-state index contributed by atoms with van der Waals surface area (Å²) in [5.41, 5.74) is 6.91. The smallest absolute Gasteiger partial charge is 0.258 e. The normalized spacial score (nSPS) is 20.0. The Labute approximate surface area is 185 Å². The summed E-state index contributed by atoms with van der Waals surface area (Å²) in [6.07, 6.45) is 5.69. The van der Waals surface area contributed by atoms with Crippen LogP contribution in [0, 0.1) is 19.8 Å². The van der Waals surface area contributed by atoms with E-state index in [0.29, 0.717) is 12.0 Å². The predicted octanol–water partition coefficient (Wildman–Crippen LogP) is 4.09. The first-order valence-corrected chi connectivity index (χ1v) is 11.8. The molecule has 5 heteroatoms. The minimum atomic E-state index is 0.182. The molecule has 0 spiro atoms. The van der Waals surface area contributed by atoms with Gasteiger partial charge in [-0.2, -0.15) is 0 Å². The van der Waals surface area contributed by atoms with E-state index in [1.165, 1.54) is 24.1 Å². The van der Waals surface area contributed by atoms with Crippen LogP contribution in [0.5, 0.6) is 5.75 Å². The number of hydrogen-bond donors (Lipinski definition) is 0. The SMILES string of the molecule is COc1cc(C)c(-c2cc3c(n(CC4CC4)c2=O)CCN(C2CCOCC2)C3)c(C)c1. The first kappa shape index (κ1) is 20.8. The van der Waals surface area contributed by atoms with Gasteiger partial charge in [-0.05, 0) is 85.9 Å². The maximum atomic E-state index is 13.7. The van der Waals surface area contributed by atoms with Gasteiger partial charge in [0.1, 0.15) is 5.75 Å². The number of hydrogen-bond acceptors (Lipinski definition) is 4. The van der Waals surface area contributed by atoms with Crippen LogP contribution in [0.25, 0.3) is 11.1 Å². The summed E-state index contributed by atoms with van der Waals surface area (Å²) >= 11 is 0. The Bertz CT molecular complexity index is 1010. The summed E-state index contributed by atoms with van der Waals surface area (Å²) in [5.74, 6) is 1.52. The summed E-state index contributed by atoms with van der Waals surface area (Å²) < 4.78 is 13.2. The van der Waals surface area contributed by atoms with E-state index in [0.717, 1.165) is 80.1 Å². The molecule has 1 aromatic carbocycles. The van der Waals surface area contributed by atoms with Crippen LogP contribution in [-0.4, -0.2) is 42.4 Å². The van der Waals surface area contributed by atoms with Gasteiger partial charge in [-0.1, -0.05) is 0 Å². The number of fused-ring (bicyclic) bond motifs is 1. The van der Waals surface area contributed by atoms with Crippen LogP contribution in [0.3, 0.4) is 0 Å². The molecular weight excluding hydrogens is 388 g/mol. The molecule has 0 atom stereocenters. The standard InChI is InChI=1S/C26H34N2O3/c1-17-12-22(30-3)13-18(2)25(17)23-14-20-16-27(21-7-10-31-11-8-21)9-6-24(20)28(26(23)29)15-19-4-5-19/h12-14,19,21H,4-11,15-16H2,1-3H3. The van der Waals surface area contributed by atoms with Gasteiger partial charge < -0.3 is 14.0 Å². The highest BCUT2D eigenvalue weighted by Crippen LogP contribution is 2.35. The molecule has 0 N–H and O–H groups in total. The van der Waals surface area contributed by atoms with Gasteiger partial charge in [-0.25, -0.2) is 0 Å². The molecule has 5 nitrogen and oxygen atoms in total. The Kier molecular flexibility index (Phi) is 5.65. The first-order chi connectivity index (χ1) is 15.0. The number of nitrogens with zero attached hydrogens (tertiary/aromatic N) is 2. The van der Waals surface area contributed by atoms with Gasteiger partial charge in [0.05, 0.1) is 7.11 Å². The monoisotopic (exact) mass is 422 g/mol. The number of benzene rings is 1. The van der Waals surface area contributed by atoms with E-state index in [1.807, 2.05) is 12.1 Å². The van der Waals surface area contributed by atoms with E-state index in [9.17, 15) is 4.79 Å². The quantitative estimate of drug-likeness (QED) is 0.728. The zero-order chi connectivity index (χ0) is 21.5. The highest BCUT2D eigenvalue weighted by molar-refractivity contribution is 5.72. The fourth-order valence-corrected chi connectivity index (χ4v) is 5.50. The van der Waals surface area contributed by atoms with Gasteiger partial charge in [0.15, 0.2) is 0 Å². The van der Waals surface area contributed by atoms with Crippen LogP contribution in [0.15, 0.2) is 23.0 Å². The molecule has 0 amide bonds. The van der Waals surface area contributed by atoms with Gasteiger partial charge in [-0.15, -0.1) is 0 Å². The molecule has 3 heterocycles. The molecule has 0 bridgehead atoms. The highest BCUT2D eigenvalue weighted by atomic mass is 16.5. The molecule has 31 heavy (non-hydrogen) atoms. The molecule has 1 saturated carbocycles. The van der Waals surface area contributed by atoms with Crippen LogP contribution in [0.4, 0.5) is 0 Å². The topological polar surface area (TPSA) is 43.7 Å². The molecule has 2 fully saturated rings. The molecule has 3 aliphatic rings. The number of aromatic nitrogens is 1. The van der Waals surface area contributed by atoms with Gasteiger partial charge in [-0.3, -0.25) is 9.69 Å². The van der Waals surface area contributed by atoms with Crippen molar-refractivity contribution in [1.82, 2.24) is 9.47 Å². The average molecular weight is 423 g/mol. The molecule has 0 unspecified atom stereocenters. The second kappa shape index (κ2) is 8.44. The Balaban J connectivity index is 1.59. The molecule has 2 aromatic rings. The Hall–Kier alpha value is -2.11. The van der Waals surface area contributed by atoms with Gasteiger partial charge in [0.2, 0.25) is 0 Å². The maximum absolute atomic E-state index is 13.7. The van der Waals surface area contributed by atoms with Crippen LogP contribution in [0.2, 0.25) is 0 Å². The fourth-order valence-electron chi connectivity index (χ4n) is 5.50. The zero-order valence-corrected chi connectivity index (χ0v) is 19.1. The largest absolute Gasteiger partial charge is 0.497 e. The summed E-state index contributed by atoms with van der Waals surface area (Å²) in [5, 5.41) is 0. The second-order valence-electron chi connectivity index (χ2n) is 9.59. The predicted molar refractivity (Wildman–Crippen MR) is 123 cm³/mol. The molecule has 1 aromatic heterocycles. The van der Waals surface area contributed by atoms with Crippen molar-refractivity contribution in [3.05, 3.63) is 50.9 Å². The van der Waals surface area contributed by atoms with Crippen molar-refractivity contribution in [2.75, 3.05) is 26.9 Å². The third kappa shape index (κ3) is 4.06. The van der Waals surface area contributed by atoms with Crippen molar-refractivity contribution in [3.8, 4) is 16.9 Å². The fraction of sp³-hybridized carbons (Fsp3) is 0.577. The number of aryl methyl sites for hydroxylation is 2. The molecule has 2 aliphatic heterocycles. The number of ether oxygens (including phenoxy) is 2. The van der Waals surface area contributed by atoms with Crippen LogP contribution in [-0.2, 0) is 24.2 Å². The Morgan fingerprint density at radius 3 is 2.42 bits per heavy atom. The average Bonchev–Trinajstić information content (AvgIpc) is 3.60. The highest BCUT2D eigenvalue weighted by Gasteiger charge is 2.30. The van der Waals surface area contributed by atoms with E-state index in [1.54, 1.807) is 7.11 Å². The molecular formula is C26H34N2O3. The van der Waals surface area contributed by atoms with Crippen molar-refractivity contribution in [3.63, 3.8) is 0 Å². The minimum Gasteiger partial charge on any atom is -0.497 e. The van der Waals surface area contributed by atoms with Gasteiger partial charge in [0, 0.05) is 56.6 Å². The van der Waals surface area contributed by atoms with Crippen molar-refractivity contribution < 1.29 is 9.47 Å². The molecule has 1 saturated heterocycles. The van der Waals surface area contributed by atoms with Crippen molar-refractivity contribution in [1.29, 1.82) is 0 Å². The van der Waals surface area contributed by atoms with E-state index < -0.39 is 0 Å². The van der Waals surface area contributed by atoms with E-state index >= 15 is 0 Å². The lowest BCUT2D eigenvalue weighted by Gasteiger charge is -2.38. The van der Waals surface area contributed by atoms with Crippen LogP contribution >= 0.6 is 0 Å². The summed E-state index contributed by atoms with van der Waals surface area (Å²) in [4.78, 5) is 16.4. The molecule has 0 radical (unpaired) electrons. The summed E-state index contributed by atoms with van der Waals surface area (Å²) in [6, 6.07) is 6.88. The lowest BCUT2D eigenvalue weighted by molar-refractivity contribution is 0.0285. The third-order valence-electron chi connectivity index (χ3n) is 7.36. The lowest BCUT2D eigenvalue weighted by Crippen LogP contribution is -2.44. The zero-order valence-electron chi connectivity index (χ0n) is 19.1. The molecule has 5 rings (SSSR count). The van der Waals surface area contributed by atoms with Crippen molar-refractivity contribution >= 4 is 0 Å². The maximum Gasteiger partial charge on any atom is 0.258 e. The second-order valence-corrected chi connectivity index (χ2v) is 9.59.